The van der Waals surface area contributed by atoms with Gasteiger partial charge in [-0.05, 0) is 45.7 Å². The predicted octanol–water partition coefficient (Wildman–Crippen LogP) is 2.93. The van der Waals surface area contributed by atoms with Crippen LogP contribution in [0.1, 0.15) is 52.0 Å². The summed E-state index contributed by atoms with van der Waals surface area (Å²) in [6.45, 7) is 13.0. The number of rotatable bonds is 7. The minimum atomic E-state index is 0.393. The van der Waals surface area contributed by atoms with Crippen LogP contribution < -0.4 is 10.6 Å². The summed E-state index contributed by atoms with van der Waals surface area (Å²) in [6.07, 6.45) is 4.31. The van der Waals surface area contributed by atoms with Crippen LogP contribution in [0, 0.1) is 0 Å². The fourth-order valence-electron chi connectivity index (χ4n) is 2.95. The highest BCUT2D eigenvalue weighted by Crippen LogP contribution is 2.28. The third kappa shape index (κ3) is 4.06. The summed E-state index contributed by atoms with van der Waals surface area (Å²) in [6, 6.07) is 0.546. The van der Waals surface area contributed by atoms with Crippen molar-refractivity contribution in [1.82, 2.24) is 14.9 Å². The molecule has 1 atom stereocenters. The lowest BCUT2D eigenvalue weighted by Gasteiger charge is -2.25. The van der Waals surface area contributed by atoms with Crippen molar-refractivity contribution in [3.8, 4) is 0 Å². The van der Waals surface area contributed by atoms with Gasteiger partial charge in [0.25, 0.3) is 0 Å². The molecule has 0 amide bonds. The first-order chi connectivity index (χ1) is 10.1. The number of hydrogen-bond acceptors (Lipinski definition) is 5. The fourth-order valence-corrected chi connectivity index (χ4v) is 2.95. The highest BCUT2D eigenvalue weighted by molar-refractivity contribution is 5.59. The van der Waals surface area contributed by atoms with Gasteiger partial charge in [0.2, 0.25) is 0 Å². The predicted molar refractivity (Wildman–Crippen MR) is 89.0 cm³/mol. The third-order valence-corrected chi connectivity index (χ3v) is 4.13. The number of aromatic nitrogens is 2. The average molecular weight is 291 g/mol. The standard InChI is InChI=1S/C16H29N5/c1-5-17-15-14(12(2)3)16(20-11-19-15)18-10-13(4)21-8-6-7-9-21/h11-13H,5-10H2,1-4H3,(H2,17,18,19,20). The molecule has 0 bridgehead atoms. The Hall–Kier alpha value is -1.36. The minimum absolute atomic E-state index is 0.393. The van der Waals surface area contributed by atoms with E-state index in [0.717, 1.165) is 24.7 Å². The Morgan fingerprint density at radius 3 is 2.29 bits per heavy atom. The van der Waals surface area contributed by atoms with E-state index in [1.165, 1.54) is 31.5 Å². The molecule has 0 spiro atoms. The Labute approximate surface area is 128 Å². The van der Waals surface area contributed by atoms with Crippen molar-refractivity contribution in [3.05, 3.63) is 11.9 Å². The molecule has 0 saturated carbocycles. The summed E-state index contributed by atoms with van der Waals surface area (Å²) in [7, 11) is 0. The largest absolute Gasteiger partial charge is 0.370 e. The summed E-state index contributed by atoms with van der Waals surface area (Å²) in [5.74, 6) is 2.32. The van der Waals surface area contributed by atoms with Crippen LogP contribution in [0.2, 0.25) is 0 Å². The van der Waals surface area contributed by atoms with E-state index in [1.54, 1.807) is 6.33 Å². The van der Waals surface area contributed by atoms with Crippen LogP contribution in [-0.2, 0) is 0 Å². The molecule has 1 saturated heterocycles. The van der Waals surface area contributed by atoms with Gasteiger partial charge >= 0.3 is 0 Å². The number of anilines is 2. The lowest BCUT2D eigenvalue weighted by atomic mass is 10.0. The van der Waals surface area contributed by atoms with E-state index in [-0.39, 0.29) is 0 Å². The molecule has 1 aliphatic rings. The monoisotopic (exact) mass is 291 g/mol. The molecule has 1 aromatic heterocycles. The summed E-state index contributed by atoms with van der Waals surface area (Å²) < 4.78 is 0. The van der Waals surface area contributed by atoms with E-state index in [4.69, 9.17) is 0 Å². The van der Waals surface area contributed by atoms with Crippen LogP contribution >= 0.6 is 0 Å². The van der Waals surface area contributed by atoms with Gasteiger partial charge in [-0.25, -0.2) is 9.97 Å². The van der Waals surface area contributed by atoms with E-state index in [9.17, 15) is 0 Å². The summed E-state index contributed by atoms with van der Waals surface area (Å²) >= 11 is 0. The van der Waals surface area contributed by atoms with Crippen LogP contribution in [0.3, 0.4) is 0 Å². The van der Waals surface area contributed by atoms with Gasteiger partial charge in [0, 0.05) is 24.7 Å². The van der Waals surface area contributed by atoms with Gasteiger partial charge < -0.3 is 10.6 Å². The van der Waals surface area contributed by atoms with Crippen molar-refractivity contribution in [2.24, 2.45) is 0 Å². The number of nitrogens with one attached hydrogen (secondary N) is 2. The maximum absolute atomic E-state index is 4.46. The molecule has 0 aliphatic carbocycles. The average Bonchev–Trinajstić information content (AvgIpc) is 2.99. The van der Waals surface area contributed by atoms with Gasteiger partial charge in [-0.3, -0.25) is 4.90 Å². The Bertz CT molecular complexity index is 440. The Balaban J connectivity index is 2.06. The molecule has 5 heteroatoms. The molecule has 1 aliphatic heterocycles. The maximum Gasteiger partial charge on any atom is 0.135 e. The summed E-state index contributed by atoms with van der Waals surface area (Å²) in [5.41, 5.74) is 1.19. The van der Waals surface area contributed by atoms with Crippen molar-refractivity contribution in [2.75, 3.05) is 36.8 Å². The molecule has 118 valence electrons. The molecule has 2 heterocycles. The number of hydrogen-bond donors (Lipinski definition) is 2. The first kappa shape index (κ1) is 16.0. The Morgan fingerprint density at radius 1 is 1.10 bits per heavy atom. The van der Waals surface area contributed by atoms with Gasteiger partial charge in [0.1, 0.15) is 18.0 Å². The number of likely N-dealkylation sites (tertiary alicyclic amines) is 1. The van der Waals surface area contributed by atoms with Crippen LogP contribution in [0.15, 0.2) is 6.33 Å². The van der Waals surface area contributed by atoms with Crippen LogP contribution in [0.25, 0.3) is 0 Å². The quantitative estimate of drug-likeness (QED) is 0.809. The van der Waals surface area contributed by atoms with Crippen LogP contribution in [0.5, 0.6) is 0 Å². The molecule has 2 rings (SSSR count). The van der Waals surface area contributed by atoms with E-state index in [2.05, 4.69) is 53.2 Å². The van der Waals surface area contributed by atoms with Crippen molar-refractivity contribution >= 4 is 11.6 Å². The normalized spacial score (nSPS) is 17.2. The molecule has 1 fully saturated rings. The number of nitrogens with zero attached hydrogens (tertiary/aromatic N) is 3. The Morgan fingerprint density at radius 2 is 1.71 bits per heavy atom. The second-order valence-electron chi connectivity index (χ2n) is 6.14. The maximum atomic E-state index is 4.46. The lowest BCUT2D eigenvalue weighted by Crippen LogP contribution is -2.35. The summed E-state index contributed by atoms with van der Waals surface area (Å²) in [5, 5.41) is 6.88. The molecule has 1 unspecified atom stereocenters. The molecule has 0 aromatic carbocycles. The SMILES string of the molecule is CCNc1ncnc(NCC(C)N2CCCC2)c1C(C)C. The van der Waals surface area contributed by atoms with E-state index in [0.29, 0.717) is 12.0 Å². The van der Waals surface area contributed by atoms with E-state index in [1.807, 2.05) is 0 Å². The third-order valence-electron chi connectivity index (χ3n) is 4.13. The molecule has 5 nitrogen and oxygen atoms in total. The highest BCUT2D eigenvalue weighted by Gasteiger charge is 2.19. The molecule has 1 aromatic rings. The zero-order valence-corrected chi connectivity index (χ0v) is 13.8. The van der Waals surface area contributed by atoms with Gasteiger partial charge in [-0.2, -0.15) is 0 Å². The fraction of sp³-hybridized carbons (Fsp3) is 0.750. The molecule has 21 heavy (non-hydrogen) atoms. The zero-order valence-electron chi connectivity index (χ0n) is 13.8. The van der Waals surface area contributed by atoms with Crippen LogP contribution in [0.4, 0.5) is 11.6 Å². The Kier molecular flexibility index (Phi) is 5.79. The van der Waals surface area contributed by atoms with Gasteiger partial charge in [0.05, 0.1) is 0 Å². The second-order valence-corrected chi connectivity index (χ2v) is 6.14. The smallest absolute Gasteiger partial charge is 0.135 e. The first-order valence-electron chi connectivity index (χ1n) is 8.20. The minimum Gasteiger partial charge on any atom is -0.370 e. The lowest BCUT2D eigenvalue weighted by molar-refractivity contribution is 0.269. The highest BCUT2D eigenvalue weighted by atomic mass is 15.2. The molecular weight excluding hydrogens is 262 g/mol. The zero-order chi connectivity index (χ0) is 15.2. The second kappa shape index (κ2) is 7.59. The molecule has 0 radical (unpaired) electrons. The van der Waals surface area contributed by atoms with Gasteiger partial charge in [0.15, 0.2) is 0 Å². The van der Waals surface area contributed by atoms with E-state index >= 15 is 0 Å². The van der Waals surface area contributed by atoms with Crippen molar-refractivity contribution in [3.63, 3.8) is 0 Å². The van der Waals surface area contributed by atoms with Crippen molar-refractivity contribution < 1.29 is 0 Å². The molecular formula is C16H29N5. The first-order valence-corrected chi connectivity index (χ1v) is 8.20. The summed E-state index contributed by atoms with van der Waals surface area (Å²) in [4.78, 5) is 11.4. The van der Waals surface area contributed by atoms with Gasteiger partial charge in [-0.1, -0.05) is 13.8 Å². The van der Waals surface area contributed by atoms with Crippen LogP contribution in [-0.4, -0.2) is 47.1 Å². The van der Waals surface area contributed by atoms with Crippen molar-refractivity contribution in [1.29, 1.82) is 0 Å². The molecule has 2 N–H and O–H groups in total. The van der Waals surface area contributed by atoms with E-state index < -0.39 is 0 Å². The van der Waals surface area contributed by atoms with Gasteiger partial charge in [-0.15, -0.1) is 0 Å². The van der Waals surface area contributed by atoms with Crippen molar-refractivity contribution in [2.45, 2.75) is 52.5 Å². The topological polar surface area (TPSA) is 53.1 Å².